The molecule has 1 amide bonds. The Bertz CT molecular complexity index is 773. The van der Waals surface area contributed by atoms with Crippen LogP contribution in [0.2, 0.25) is 0 Å². The lowest BCUT2D eigenvalue weighted by molar-refractivity contribution is -0.119. The summed E-state index contributed by atoms with van der Waals surface area (Å²) in [6.07, 6.45) is 1.63. The zero-order valence-electron chi connectivity index (χ0n) is 13.6. The van der Waals surface area contributed by atoms with Crippen LogP contribution >= 0.6 is 11.3 Å². The van der Waals surface area contributed by atoms with Crippen molar-refractivity contribution in [2.45, 2.75) is 18.9 Å². The second-order valence-corrected chi connectivity index (χ2v) is 6.93. The first-order chi connectivity index (χ1) is 12.2. The number of nitrogens with two attached hydrogens (primary N) is 1. The van der Waals surface area contributed by atoms with E-state index >= 15 is 0 Å². The first kappa shape index (κ1) is 16.3. The zero-order valence-corrected chi connectivity index (χ0v) is 14.4. The Hall–Kier alpha value is -2.16. The van der Waals surface area contributed by atoms with Gasteiger partial charge in [0.2, 0.25) is 12.7 Å². The average molecular weight is 361 g/mol. The van der Waals surface area contributed by atoms with Gasteiger partial charge in [-0.25, -0.2) is 4.98 Å². The third kappa shape index (κ3) is 3.46. The van der Waals surface area contributed by atoms with Crippen molar-refractivity contribution >= 4 is 22.4 Å². The molecule has 0 spiro atoms. The summed E-state index contributed by atoms with van der Waals surface area (Å²) in [5.74, 6) is 1.40. The molecular formula is C17H19N3O4S. The largest absolute Gasteiger partial charge is 0.454 e. The van der Waals surface area contributed by atoms with E-state index in [0.717, 1.165) is 29.8 Å². The molecule has 0 bridgehead atoms. The normalized spacial score (nSPS) is 18.1. The van der Waals surface area contributed by atoms with Crippen molar-refractivity contribution in [3.63, 3.8) is 0 Å². The Morgan fingerprint density at radius 1 is 1.28 bits per heavy atom. The maximum Gasteiger partial charge on any atom is 0.243 e. The molecule has 0 aliphatic carbocycles. The van der Waals surface area contributed by atoms with Crippen LogP contribution in [-0.2, 0) is 9.53 Å². The number of ether oxygens (including phenoxy) is 3. The fourth-order valence-electron chi connectivity index (χ4n) is 3.00. The summed E-state index contributed by atoms with van der Waals surface area (Å²) in [5, 5.41) is 5.27. The summed E-state index contributed by atoms with van der Waals surface area (Å²) in [7, 11) is 0. The topological polar surface area (TPSA) is 95.7 Å². The molecule has 3 N–H and O–H groups in total. The summed E-state index contributed by atoms with van der Waals surface area (Å²) in [6.45, 7) is 1.57. The van der Waals surface area contributed by atoms with Gasteiger partial charge in [-0.1, -0.05) is 0 Å². The lowest BCUT2D eigenvalue weighted by Gasteiger charge is -2.26. The standard InChI is InChI=1S/C17H19N3O4S/c18-15(10-3-5-22-6-4-10)16(21)20-17-19-12(8-25-17)11-1-2-13-14(7-11)24-9-23-13/h1-2,7-8,10,15H,3-6,9,18H2,(H,19,20,21). The number of fused-ring (bicyclic) bond motifs is 1. The maximum atomic E-state index is 12.4. The van der Waals surface area contributed by atoms with Crippen LogP contribution in [0.3, 0.4) is 0 Å². The van der Waals surface area contributed by atoms with E-state index in [9.17, 15) is 4.79 Å². The number of amides is 1. The van der Waals surface area contributed by atoms with E-state index in [1.54, 1.807) is 0 Å². The Labute approximate surface area is 149 Å². The number of benzene rings is 1. The zero-order chi connectivity index (χ0) is 17.2. The molecule has 132 valence electrons. The number of carbonyl (C=O) groups is 1. The second-order valence-electron chi connectivity index (χ2n) is 6.07. The van der Waals surface area contributed by atoms with Gasteiger partial charge in [-0.3, -0.25) is 4.79 Å². The van der Waals surface area contributed by atoms with Gasteiger partial charge >= 0.3 is 0 Å². The van der Waals surface area contributed by atoms with Crippen LogP contribution in [0.25, 0.3) is 11.3 Å². The predicted octanol–water partition coefficient (Wildman–Crippen LogP) is 2.23. The highest BCUT2D eigenvalue weighted by atomic mass is 32.1. The number of nitrogens with one attached hydrogen (secondary N) is 1. The molecule has 4 rings (SSSR count). The Balaban J connectivity index is 1.43. The molecule has 1 atom stereocenters. The highest BCUT2D eigenvalue weighted by Gasteiger charge is 2.27. The number of anilines is 1. The molecule has 1 unspecified atom stereocenters. The minimum Gasteiger partial charge on any atom is -0.454 e. The smallest absolute Gasteiger partial charge is 0.243 e. The van der Waals surface area contributed by atoms with Crippen LogP contribution in [0.5, 0.6) is 11.5 Å². The molecule has 8 heteroatoms. The van der Waals surface area contributed by atoms with E-state index in [1.807, 2.05) is 23.6 Å². The third-order valence-electron chi connectivity index (χ3n) is 4.48. The van der Waals surface area contributed by atoms with Crippen molar-refractivity contribution in [3.05, 3.63) is 23.6 Å². The van der Waals surface area contributed by atoms with Crippen molar-refractivity contribution in [1.29, 1.82) is 0 Å². The van der Waals surface area contributed by atoms with Gasteiger partial charge in [0.15, 0.2) is 16.6 Å². The summed E-state index contributed by atoms with van der Waals surface area (Å²) in [6, 6.07) is 5.12. The van der Waals surface area contributed by atoms with Crippen LogP contribution in [-0.4, -0.2) is 36.9 Å². The molecule has 1 aromatic heterocycles. The van der Waals surface area contributed by atoms with E-state index in [2.05, 4.69) is 10.3 Å². The Kier molecular flexibility index (Phi) is 4.56. The molecule has 3 heterocycles. The molecular weight excluding hydrogens is 342 g/mol. The van der Waals surface area contributed by atoms with Gasteiger partial charge in [-0.15, -0.1) is 11.3 Å². The summed E-state index contributed by atoms with van der Waals surface area (Å²) in [5.41, 5.74) is 7.79. The predicted molar refractivity (Wildman–Crippen MR) is 93.8 cm³/mol. The number of nitrogens with zero attached hydrogens (tertiary/aromatic N) is 1. The molecule has 2 aromatic rings. The van der Waals surface area contributed by atoms with Crippen LogP contribution in [0.1, 0.15) is 12.8 Å². The van der Waals surface area contributed by atoms with Crippen LogP contribution < -0.4 is 20.5 Å². The quantitative estimate of drug-likeness (QED) is 0.867. The molecule has 25 heavy (non-hydrogen) atoms. The molecule has 1 fully saturated rings. The first-order valence-corrected chi connectivity index (χ1v) is 9.08. The number of hydrogen-bond donors (Lipinski definition) is 2. The Morgan fingerprint density at radius 3 is 2.92 bits per heavy atom. The fourth-order valence-corrected chi connectivity index (χ4v) is 3.72. The van der Waals surface area contributed by atoms with Crippen molar-refractivity contribution < 1.29 is 19.0 Å². The number of hydrogen-bond acceptors (Lipinski definition) is 7. The average Bonchev–Trinajstić information content (AvgIpc) is 3.30. The lowest BCUT2D eigenvalue weighted by Crippen LogP contribution is -2.43. The van der Waals surface area contributed by atoms with E-state index in [1.165, 1.54) is 11.3 Å². The molecule has 7 nitrogen and oxygen atoms in total. The minimum absolute atomic E-state index is 0.155. The molecule has 0 saturated carbocycles. The molecule has 0 radical (unpaired) electrons. The number of rotatable bonds is 4. The highest BCUT2D eigenvalue weighted by Crippen LogP contribution is 2.36. The number of thiazole rings is 1. The second kappa shape index (κ2) is 6.99. The third-order valence-corrected chi connectivity index (χ3v) is 5.24. The lowest BCUT2D eigenvalue weighted by atomic mass is 9.92. The minimum atomic E-state index is -0.540. The summed E-state index contributed by atoms with van der Waals surface area (Å²) < 4.78 is 16.0. The molecule has 1 saturated heterocycles. The van der Waals surface area contributed by atoms with Gasteiger partial charge in [0.05, 0.1) is 11.7 Å². The van der Waals surface area contributed by atoms with E-state index < -0.39 is 6.04 Å². The van der Waals surface area contributed by atoms with Crippen molar-refractivity contribution in [3.8, 4) is 22.8 Å². The van der Waals surface area contributed by atoms with Crippen LogP contribution in [0.4, 0.5) is 5.13 Å². The molecule has 1 aromatic carbocycles. The van der Waals surface area contributed by atoms with Gasteiger partial charge in [0, 0.05) is 24.2 Å². The SMILES string of the molecule is NC(C(=O)Nc1nc(-c2ccc3c(c2)OCO3)cs1)C1CCOCC1. The monoisotopic (exact) mass is 361 g/mol. The first-order valence-electron chi connectivity index (χ1n) is 8.20. The molecule has 2 aliphatic heterocycles. The van der Waals surface area contributed by atoms with Crippen LogP contribution in [0.15, 0.2) is 23.6 Å². The van der Waals surface area contributed by atoms with E-state index in [4.69, 9.17) is 19.9 Å². The van der Waals surface area contributed by atoms with Gasteiger partial charge < -0.3 is 25.3 Å². The van der Waals surface area contributed by atoms with Crippen molar-refractivity contribution in [2.24, 2.45) is 11.7 Å². The van der Waals surface area contributed by atoms with Gasteiger partial charge in [0.1, 0.15) is 0 Å². The van der Waals surface area contributed by atoms with Crippen molar-refractivity contribution in [1.82, 2.24) is 4.98 Å². The summed E-state index contributed by atoms with van der Waals surface area (Å²) >= 11 is 1.37. The molecule has 2 aliphatic rings. The maximum absolute atomic E-state index is 12.4. The highest BCUT2D eigenvalue weighted by molar-refractivity contribution is 7.14. The fraction of sp³-hybridized carbons (Fsp3) is 0.412. The van der Waals surface area contributed by atoms with Gasteiger partial charge in [-0.05, 0) is 37.0 Å². The van der Waals surface area contributed by atoms with E-state index in [0.29, 0.717) is 24.1 Å². The summed E-state index contributed by atoms with van der Waals surface area (Å²) in [4.78, 5) is 16.8. The van der Waals surface area contributed by atoms with Crippen LogP contribution in [0, 0.1) is 5.92 Å². The van der Waals surface area contributed by atoms with Gasteiger partial charge in [0.25, 0.3) is 0 Å². The van der Waals surface area contributed by atoms with Crippen molar-refractivity contribution in [2.75, 3.05) is 25.3 Å². The van der Waals surface area contributed by atoms with Gasteiger partial charge in [-0.2, -0.15) is 0 Å². The number of aromatic nitrogens is 1. The Morgan fingerprint density at radius 2 is 2.08 bits per heavy atom. The number of carbonyl (C=O) groups excluding carboxylic acids is 1. The van der Waals surface area contributed by atoms with E-state index in [-0.39, 0.29) is 18.6 Å².